The van der Waals surface area contributed by atoms with Crippen molar-refractivity contribution in [2.24, 2.45) is 0 Å². The van der Waals surface area contributed by atoms with Crippen molar-refractivity contribution in [3.05, 3.63) is 18.2 Å². The molecule has 5 heteroatoms. The van der Waals surface area contributed by atoms with E-state index >= 15 is 0 Å². The van der Waals surface area contributed by atoms with Crippen LogP contribution in [-0.2, 0) is 0 Å². The molecule has 1 aromatic carbocycles. The molecule has 1 N–H and O–H groups in total. The molecular weight excluding hydrogens is 282 g/mol. The molecule has 1 atom stereocenters. The summed E-state index contributed by atoms with van der Waals surface area (Å²) < 4.78 is 16.3. The highest BCUT2D eigenvalue weighted by Crippen LogP contribution is 2.35. The Labute approximate surface area is 131 Å². The maximum atomic E-state index is 10.2. The van der Waals surface area contributed by atoms with Gasteiger partial charge in [0.1, 0.15) is 18.5 Å². The lowest BCUT2D eigenvalue weighted by molar-refractivity contribution is 0.0561. The third kappa shape index (κ3) is 3.84. The lowest BCUT2D eigenvalue weighted by Gasteiger charge is -2.32. The number of hydrogen-bond acceptors (Lipinski definition) is 5. The van der Waals surface area contributed by atoms with Gasteiger partial charge in [-0.15, -0.1) is 0 Å². The Morgan fingerprint density at radius 1 is 1.23 bits per heavy atom. The average molecular weight is 307 g/mol. The van der Waals surface area contributed by atoms with E-state index in [9.17, 15) is 5.11 Å². The average Bonchev–Trinajstić information content (AvgIpc) is 3.01. The third-order valence-electron chi connectivity index (χ3n) is 4.48. The Morgan fingerprint density at radius 2 is 2.00 bits per heavy atom. The van der Waals surface area contributed by atoms with E-state index in [1.165, 1.54) is 32.1 Å². The molecule has 0 saturated heterocycles. The van der Waals surface area contributed by atoms with Crippen LogP contribution < -0.4 is 14.2 Å². The lowest BCUT2D eigenvalue weighted by Crippen LogP contribution is -2.40. The quantitative estimate of drug-likeness (QED) is 0.875. The van der Waals surface area contributed by atoms with E-state index in [0.717, 1.165) is 5.75 Å². The van der Waals surface area contributed by atoms with Crippen molar-refractivity contribution in [3.63, 3.8) is 0 Å². The summed E-state index contributed by atoms with van der Waals surface area (Å²) in [5, 5.41) is 10.2. The molecule has 5 nitrogen and oxygen atoms in total. The van der Waals surface area contributed by atoms with Crippen LogP contribution in [-0.4, -0.2) is 49.1 Å². The predicted molar refractivity (Wildman–Crippen MR) is 83.6 cm³/mol. The van der Waals surface area contributed by atoms with Crippen molar-refractivity contribution < 1.29 is 19.3 Å². The molecule has 1 unspecified atom stereocenters. The van der Waals surface area contributed by atoms with Crippen molar-refractivity contribution in [2.75, 3.05) is 27.0 Å². The first-order valence-corrected chi connectivity index (χ1v) is 8.13. The van der Waals surface area contributed by atoms with Crippen LogP contribution in [0.2, 0.25) is 0 Å². The molecule has 0 aromatic heterocycles. The first kappa shape index (κ1) is 15.4. The van der Waals surface area contributed by atoms with Gasteiger partial charge < -0.3 is 24.2 Å². The minimum Gasteiger partial charge on any atom is -0.491 e. The van der Waals surface area contributed by atoms with Gasteiger partial charge in [0.2, 0.25) is 6.79 Å². The molecule has 1 fully saturated rings. The van der Waals surface area contributed by atoms with Crippen LogP contribution in [0.25, 0.3) is 0 Å². The summed E-state index contributed by atoms with van der Waals surface area (Å²) in [5.41, 5.74) is 0. The van der Waals surface area contributed by atoms with Crippen LogP contribution in [0.1, 0.15) is 32.1 Å². The van der Waals surface area contributed by atoms with Gasteiger partial charge in [0.05, 0.1) is 0 Å². The van der Waals surface area contributed by atoms with Crippen molar-refractivity contribution in [1.29, 1.82) is 0 Å². The number of aliphatic hydroxyl groups excluding tert-OH is 1. The summed E-state index contributed by atoms with van der Waals surface area (Å²) in [7, 11) is 2.10. The summed E-state index contributed by atoms with van der Waals surface area (Å²) in [4.78, 5) is 2.27. The maximum Gasteiger partial charge on any atom is 0.231 e. The first-order chi connectivity index (χ1) is 10.7. The Morgan fingerprint density at radius 3 is 2.82 bits per heavy atom. The van der Waals surface area contributed by atoms with Gasteiger partial charge in [-0.3, -0.25) is 0 Å². The number of likely N-dealkylation sites (N-methyl/N-ethyl adjacent to an activating group) is 1. The monoisotopic (exact) mass is 307 g/mol. The minimum absolute atomic E-state index is 0.258. The molecule has 1 aliphatic heterocycles. The van der Waals surface area contributed by atoms with Gasteiger partial charge in [0.15, 0.2) is 11.5 Å². The van der Waals surface area contributed by atoms with Crippen molar-refractivity contribution >= 4 is 0 Å². The molecule has 122 valence electrons. The highest BCUT2D eigenvalue weighted by atomic mass is 16.7. The van der Waals surface area contributed by atoms with E-state index in [1.807, 2.05) is 12.1 Å². The molecule has 2 aliphatic rings. The minimum atomic E-state index is -0.489. The summed E-state index contributed by atoms with van der Waals surface area (Å²) in [6.45, 7) is 1.19. The molecule has 0 amide bonds. The van der Waals surface area contributed by atoms with Gasteiger partial charge in [0.25, 0.3) is 0 Å². The van der Waals surface area contributed by atoms with Crippen molar-refractivity contribution in [1.82, 2.24) is 4.90 Å². The van der Waals surface area contributed by atoms with Gasteiger partial charge in [-0.1, -0.05) is 19.3 Å². The van der Waals surface area contributed by atoms with Gasteiger partial charge in [-0.25, -0.2) is 0 Å². The Kier molecular flexibility index (Phi) is 5.05. The third-order valence-corrected chi connectivity index (χ3v) is 4.48. The molecular formula is C17H25NO4. The second-order valence-electron chi connectivity index (χ2n) is 6.21. The van der Waals surface area contributed by atoms with Crippen molar-refractivity contribution in [3.8, 4) is 17.2 Å². The Bertz CT molecular complexity index is 488. The molecule has 1 aliphatic carbocycles. The van der Waals surface area contributed by atoms with Gasteiger partial charge in [-0.2, -0.15) is 0 Å². The van der Waals surface area contributed by atoms with Crippen LogP contribution in [0.5, 0.6) is 17.2 Å². The second kappa shape index (κ2) is 7.20. The maximum absolute atomic E-state index is 10.2. The molecule has 1 heterocycles. The second-order valence-corrected chi connectivity index (χ2v) is 6.21. The molecule has 0 bridgehead atoms. The van der Waals surface area contributed by atoms with E-state index in [4.69, 9.17) is 14.2 Å². The highest BCUT2D eigenvalue weighted by molar-refractivity contribution is 5.46. The van der Waals surface area contributed by atoms with E-state index in [1.54, 1.807) is 6.07 Å². The molecule has 22 heavy (non-hydrogen) atoms. The molecule has 1 saturated carbocycles. The fraction of sp³-hybridized carbons (Fsp3) is 0.647. The standard InChI is InChI=1S/C17H25NO4/c1-18(13-5-3-2-4-6-13)10-14(19)11-20-15-7-8-16-17(9-15)22-12-21-16/h7-9,13-14,19H,2-6,10-12H2,1H3. The topological polar surface area (TPSA) is 51.2 Å². The number of nitrogens with zero attached hydrogens (tertiary/aromatic N) is 1. The zero-order valence-electron chi connectivity index (χ0n) is 13.2. The zero-order valence-corrected chi connectivity index (χ0v) is 13.2. The number of ether oxygens (including phenoxy) is 3. The molecule has 3 rings (SSSR count). The number of benzene rings is 1. The Hall–Kier alpha value is -1.46. The normalized spacial score (nSPS) is 19.4. The van der Waals surface area contributed by atoms with Gasteiger partial charge in [0, 0.05) is 18.7 Å². The summed E-state index contributed by atoms with van der Waals surface area (Å²) in [5.74, 6) is 2.14. The van der Waals surface area contributed by atoms with Crippen LogP contribution in [0.3, 0.4) is 0 Å². The molecule has 0 spiro atoms. The van der Waals surface area contributed by atoms with E-state index in [0.29, 0.717) is 24.1 Å². The fourth-order valence-corrected chi connectivity index (χ4v) is 3.22. The first-order valence-electron chi connectivity index (χ1n) is 8.13. The zero-order chi connectivity index (χ0) is 15.4. The predicted octanol–water partition coefficient (Wildman–Crippen LogP) is 2.42. The SMILES string of the molecule is CN(CC(O)COc1ccc2c(c1)OCO2)C1CCCCC1. The largest absolute Gasteiger partial charge is 0.491 e. The van der Waals surface area contributed by atoms with Crippen LogP contribution in [0.4, 0.5) is 0 Å². The fourth-order valence-electron chi connectivity index (χ4n) is 3.22. The van der Waals surface area contributed by atoms with E-state index in [2.05, 4.69) is 11.9 Å². The van der Waals surface area contributed by atoms with Crippen molar-refractivity contribution in [2.45, 2.75) is 44.2 Å². The van der Waals surface area contributed by atoms with Crippen LogP contribution in [0.15, 0.2) is 18.2 Å². The molecule has 1 aromatic rings. The lowest BCUT2D eigenvalue weighted by atomic mass is 9.94. The smallest absolute Gasteiger partial charge is 0.231 e. The summed E-state index contributed by atoms with van der Waals surface area (Å²) in [6.07, 6.45) is 5.95. The van der Waals surface area contributed by atoms with Crippen LogP contribution in [0, 0.1) is 0 Å². The van der Waals surface area contributed by atoms with Gasteiger partial charge >= 0.3 is 0 Å². The molecule has 0 radical (unpaired) electrons. The van der Waals surface area contributed by atoms with E-state index < -0.39 is 6.10 Å². The number of hydrogen-bond donors (Lipinski definition) is 1. The Balaban J connectivity index is 1.44. The van der Waals surface area contributed by atoms with Crippen LogP contribution >= 0.6 is 0 Å². The summed E-state index contributed by atoms with van der Waals surface area (Å²) in [6, 6.07) is 6.08. The highest BCUT2D eigenvalue weighted by Gasteiger charge is 2.20. The number of rotatable bonds is 6. The number of aliphatic hydroxyl groups is 1. The summed E-state index contributed by atoms with van der Waals surface area (Å²) >= 11 is 0. The number of fused-ring (bicyclic) bond motifs is 1. The van der Waals surface area contributed by atoms with Gasteiger partial charge in [-0.05, 0) is 32.0 Å². The van der Waals surface area contributed by atoms with E-state index in [-0.39, 0.29) is 13.4 Å².